The average Bonchev–Trinajstić information content (AvgIpc) is 3.04. The number of halogens is 1. The molecule has 7 heteroatoms. The molecule has 3 rings (SSSR count). The Balaban J connectivity index is 1.74. The summed E-state index contributed by atoms with van der Waals surface area (Å²) in [4.78, 5) is 15.7. The summed E-state index contributed by atoms with van der Waals surface area (Å²) in [5, 5.41) is 11.5. The SMILES string of the molecule is O=C(N/N=C/c1cn[nH]c1-c1cccc(Cl)c1)c1ccncc1. The van der Waals surface area contributed by atoms with Gasteiger partial charge in [0.2, 0.25) is 0 Å². The third kappa shape index (κ3) is 3.61. The highest BCUT2D eigenvalue weighted by Gasteiger charge is 2.07. The van der Waals surface area contributed by atoms with E-state index in [4.69, 9.17) is 11.6 Å². The van der Waals surface area contributed by atoms with Crippen molar-refractivity contribution >= 4 is 23.7 Å². The number of amides is 1. The normalized spacial score (nSPS) is 10.8. The summed E-state index contributed by atoms with van der Waals surface area (Å²) in [6.45, 7) is 0. The molecule has 0 aliphatic carbocycles. The fourth-order valence-corrected chi connectivity index (χ4v) is 2.19. The fraction of sp³-hybridized carbons (Fsp3) is 0. The smallest absolute Gasteiger partial charge is 0.271 e. The van der Waals surface area contributed by atoms with Crippen molar-refractivity contribution in [2.45, 2.75) is 0 Å². The summed E-state index contributed by atoms with van der Waals surface area (Å²) in [7, 11) is 0. The minimum absolute atomic E-state index is 0.309. The number of carbonyl (C=O) groups is 1. The maximum absolute atomic E-state index is 11.9. The highest BCUT2D eigenvalue weighted by molar-refractivity contribution is 6.30. The molecule has 0 aliphatic rings. The second-order valence-corrected chi connectivity index (χ2v) is 5.08. The number of rotatable bonds is 4. The van der Waals surface area contributed by atoms with Gasteiger partial charge >= 0.3 is 0 Å². The number of carbonyl (C=O) groups excluding carboxylic acids is 1. The van der Waals surface area contributed by atoms with Gasteiger partial charge in [0.25, 0.3) is 5.91 Å². The quantitative estimate of drug-likeness (QED) is 0.571. The number of benzene rings is 1. The zero-order valence-electron chi connectivity index (χ0n) is 11.9. The van der Waals surface area contributed by atoms with Crippen LogP contribution in [0.4, 0.5) is 0 Å². The van der Waals surface area contributed by atoms with Gasteiger partial charge in [-0.15, -0.1) is 0 Å². The van der Waals surface area contributed by atoms with Gasteiger partial charge in [0.05, 0.1) is 18.1 Å². The molecule has 6 nitrogen and oxygen atoms in total. The Bertz CT molecular complexity index is 844. The zero-order valence-corrected chi connectivity index (χ0v) is 12.7. The van der Waals surface area contributed by atoms with Crippen LogP contribution < -0.4 is 5.43 Å². The lowest BCUT2D eigenvalue weighted by Gasteiger charge is -2.01. The van der Waals surface area contributed by atoms with E-state index in [0.717, 1.165) is 16.8 Å². The van der Waals surface area contributed by atoms with E-state index in [0.29, 0.717) is 10.6 Å². The summed E-state index contributed by atoms with van der Waals surface area (Å²) in [6, 6.07) is 10.6. The second-order valence-electron chi connectivity index (χ2n) is 4.65. The van der Waals surface area contributed by atoms with Crippen LogP contribution in [0.5, 0.6) is 0 Å². The monoisotopic (exact) mass is 325 g/mol. The fourth-order valence-electron chi connectivity index (χ4n) is 2.00. The van der Waals surface area contributed by atoms with Gasteiger partial charge in [0.1, 0.15) is 0 Å². The van der Waals surface area contributed by atoms with Crippen LogP contribution >= 0.6 is 11.6 Å². The highest BCUT2D eigenvalue weighted by atomic mass is 35.5. The summed E-state index contributed by atoms with van der Waals surface area (Å²) in [6.07, 6.45) is 6.25. The Morgan fingerprint density at radius 3 is 2.87 bits per heavy atom. The van der Waals surface area contributed by atoms with Gasteiger partial charge in [0.15, 0.2) is 0 Å². The molecule has 0 fully saturated rings. The van der Waals surface area contributed by atoms with Crippen LogP contribution in [-0.2, 0) is 0 Å². The molecule has 0 atom stereocenters. The number of aromatic amines is 1. The van der Waals surface area contributed by atoms with Crippen molar-refractivity contribution in [3.63, 3.8) is 0 Å². The van der Waals surface area contributed by atoms with Crippen LogP contribution in [0.25, 0.3) is 11.3 Å². The predicted molar refractivity (Wildman–Crippen MR) is 88.3 cm³/mol. The number of pyridine rings is 1. The second kappa shape index (κ2) is 6.85. The minimum Gasteiger partial charge on any atom is -0.277 e. The molecule has 3 aromatic rings. The number of nitrogens with one attached hydrogen (secondary N) is 2. The van der Waals surface area contributed by atoms with Crippen LogP contribution in [0, 0.1) is 0 Å². The van der Waals surface area contributed by atoms with Gasteiger partial charge < -0.3 is 0 Å². The van der Waals surface area contributed by atoms with E-state index in [1.54, 1.807) is 36.8 Å². The topological polar surface area (TPSA) is 83.0 Å². The van der Waals surface area contributed by atoms with Crippen molar-refractivity contribution in [3.05, 3.63) is 71.1 Å². The van der Waals surface area contributed by atoms with Crippen molar-refractivity contribution in [2.75, 3.05) is 0 Å². The summed E-state index contributed by atoms with van der Waals surface area (Å²) >= 11 is 6.00. The third-order valence-electron chi connectivity index (χ3n) is 3.09. The number of nitrogens with zero attached hydrogens (tertiary/aromatic N) is 3. The number of aromatic nitrogens is 3. The maximum atomic E-state index is 11.9. The number of hydrazone groups is 1. The molecule has 0 unspecified atom stereocenters. The van der Waals surface area contributed by atoms with Gasteiger partial charge in [-0.1, -0.05) is 23.7 Å². The standard InChI is InChI=1S/C16H12ClN5O/c17-14-3-1-2-12(8-14)15-13(9-19-21-15)10-20-22-16(23)11-4-6-18-7-5-11/h1-10H,(H,19,21)(H,22,23)/b20-10+. The lowest BCUT2D eigenvalue weighted by molar-refractivity contribution is 0.0955. The molecule has 2 heterocycles. The van der Waals surface area contributed by atoms with E-state index >= 15 is 0 Å². The van der Waals surface area contributed by atoms with Crippen molar-refractivity contribution in [1.29, 1.82) is 0 Å². The van der Waals surface area contributed by atoms with E-state index in [1.165, 1.54) is 6.21 Å². The molecule has 2 aromatic heterocycles. The summed E-state index contributed by atoms with van der Waals surface area (Å²) in [5.74, 6) is -0.309. The highest BCUT2D eigenvalue weighted by Crippen LogP contribution is 2.22. The maximum Gasteiger partial charge on any atom is 0.271 e. The third-order valence-corrected chi connectivity index (χ3v) is 3.33. The number of H-pyrrole nitrogens is 1. The first-order chi connectivity index (χ1) is 11.2. The van der Waals surface area contributed by atoms with Gasteiger partial charge in [-0.25, -0.2) is 5.43 Å². The molecule has 0 saturated heterocycles. The van der Waals surface area contributed by atoms with Crippen molar-refractivity contribution < 1.29 is 4.79 Å². The van der Waals surface area contributed by atoms with E-state index in [-0.39, 0.29) is 5.91 Å². The van der Waals surface area contributed by atoms with Gasteiger partial charge in [-0.2, -0.15) is 10.2 Å². The van der Waals surface area contributed by atoms with Gasteiger partial charge in [-0.3, -0.25) is 14.9 Å². The van der Waals surface area contributed by atoms with Crippen molar-refractivity contribution in [3.8, 4) is 11.3 Å². The van der Waals surface area contributed by atoms with Crippen LogP contribution in [0.1, 0.15) is 15.9 Å². The van der Waals surface area contributed by atoms with E-state index < -0.39 is 0 Å². The molecule has 2 N–H and O–H groups in total. The Kier molecular flexibility index (Phi) is 4.44. The molecular formula is C16H12ClN5O. The molecule has 0 aliphatic heterocycles. The number of hydrogen-bond donors (Lipinski definition) is 2. The summed E-state index contributed by atoms with van der Waals surface area (Å²) in [5.41, 5.74) is 5.34. The molecule has 0 radical (unpaired) electrons. The Morgan fingerprint density at radius 1 is 1.26 bits per heavy atom. The van der Waals surface area contributed by atoms with Gasteiger partial charge in [-0.05, 0) is 24.3 Å². The Labute approximate surface area is 137 Å². The largest absolute Gasteiger partial charge is 0.277 e. The van der Waals surface area contributed by atoms with Crippen molar-refractivity contribution in [2.24, 2.45) is 5.10 Å². The van der Waals surface area contributed by atoms with Crippen LogP contribution in [0.3, 0.4) is 0 Å². The van der Waals surface area contributed by atoms with Crippen LogP contribution in [-0.4, -0.2) is 27.3 Å². The Morgan fingerprint density at radius 2 is 2.09 bits per heavy atom. The first-order valence-electron chi connectivity index (χ1n) is 6.77. The van der Waals surface area contributed by atoms with Gasteiger partial charge in [0, 0.05) is 34.1 Å². The van der Waals surface area contributed by atoms with E-state index in [9.17, 15) is 4.79 Å². The van der Waals surface area contributed by atoms with Crippen LogP contribution in [0.2, 0.25) is 5.02 Å². The summed E-state index contributed by atoms with van der Waals surface area (Å²) < 4.78 is 0. The van der Waals surface area contributed by atoms with Crippen LogP contribution in [0.15, 0.2) is 60.1 Å². The lowest BCUT2D eigenvalue weighted by atomic mass is 10.1. The molecular weight excluding hydrogens is 314 g/mol. The van der Waals surface area contributed by atoms with E-state index in [2.05, 4.69) is 25.7 Å². The molecule has 1 aromatic carbocycles. The van der Waals surface area contributed by atoms with E-state index in [1.807, 2.05) is 18.2 Å². The lowest BCUT2D eigenvalue weighted by Crippen LogP contribution is -2.17. The molecule has 0 spiro atoms. The first kappa shape index (κ1) is 14.9. The Hall–Kier alpha value is -2.99. The minimum atomic E-state index is -0.309. The first-order valence-corrected chi connectivity index (χ1v) is 7.14. The molecule has 1 amide bonds. The predicted octanol–water partition coefficient (Wildman–Crippen LogP) is 2.89. The zero-order chi connectivity index (χ0) is 16.1. The molecule has 114 valence electrons. The molecule has 23 heavy (non-hydrogen) atoms. The number of hydrogen-bond acceptors (Lipinski definition) is 4. The average molecular weight is 326 g/mol. The molecule has 0 saturated carbocycles. The van der Waals surface area contributed by atoms with Crippen molar-refractivity contribution in [1.82, 2.24) is 20.6 Å². The molecule has 0 bridgehead atoms.